The lowest BCUT2D eigenvalue weighted by Crippen LogP contribution is -2.48. The normalized spacial score (nSPS) is 17.8. The number of fused-ring (bicyclic) bond motifs is 1. The lowest BCUT2D eigenvalue weighted by atomic mass is 9.65. The maximum atomic E-state index is 12.5. The van der Waals surface area contributed by atoms with Crippen LogP contribution in [-0.2, 0) is 27.1 Å². The number of benzene rings is 2. The number of halogens is 1. The molecule has 0 saturated carbocycles. The van der Waals surface area contributed by atoms with Gasteiger partial charge in [0.15, 0.2) is 23.0 Å². The summed E-state index contributed by atoms with van der Waals surface area (Å²) in [6.07, 6.45) is 4.01. The number of carbonyl (C=O) groups excluding carboxylic acids is 1. The number of ether oxygens (including phenoxy) is 6. The van der Waals surface area contributed by atoms with Crippen molar-refractivity contribution in [1.82, 2.24) is 4.90 Å². The Bertz CT molecular complexity index is 1140. The van der Waals surface area contributed by atoms with Gasteiger partial charge in [-0.25, -0.2) is 0 Å². The van der Waals surface area contributed by atoms with Gasteiger partial charge in [0.1, 0.15) is 5.60 Å². The van der Waals surface area contributed by atoms with Crippen LogP contribution < -0.4 is 18.9 Å². The van der Waals surface area contributed by atoms with E-state index in [9.17, 15) is 4.79 Å². The van der Waals surface area contributed by atoms with Crippen LogP contribution in [0.1, 0.15) is 62.6 Å². The molecular weight excluding hydrogens is 558 g/mol. The van der Waals surface area contributed by atoms with Crippen molar-refractivity contribution in [1.29, 1.82) is 0 Å². The molecule has 1 aliphatic carbocycles. The summed E-state index contributed by atoms with van der Waals surface area (Å²) < 4.78 is 34.1. The fourth-order valence-electron chi connectivity index (χ4n) is 6.11. The average Bonchev–Trinajstić information content (AvgIpc) is 2.95. The molecule has 1 aliphatic rings. The number of rotatable bonds is 16. The number of esters is 1. The number of hydrogen-bond acceptors (Lipinski definition) is 8. The molecule has 236 valence electrons. The summed E-state index contributed by atoms with van der Waals surface area (Å²) >= 11 is 0. The maximum absolute atomic E-state index is 12.5. The van der Waals surface area contributed by atoms with Crippen molar-refractivity contribution in [2.24, 2.45) is 5.92 Å². The van der Waals surface area contributed by atoms with Crippen LogP contribution in [0.3, 0.4) is 0 Å². The van der Waals surface area contributed by atoms with Crippen LogP contribution in [0.5, 0.6) is 23.0 Å². The summed E-state index contributed by atoms with van der Waals surface area (Å²) in [5.41, 5.74) is 3.01. The van der Waals surface area contributed by atoms with Crippen molar-refractivity contribution in [3.8, 4) is 23.0 Å². The Balaban J connectivity index is 0.00000616. The lowest BCUT2D eigenvalue weighted by molar-refractivity contribution is -0.164. The molecule has 9 heteroatoms. The Hall–Kier alpha value is -2.68. The Morgan fingerprint density at radius 1 is 0.952 bits per heavy atom. The van der Waals surface area contributed by atoms with E-state index in [1.54, 1.807) is 28.4 Å². The highest BCUT2D eigenvalue weighted by Crippen LogP contribution is 2.50. The summed E-state index contributed by atoms with van der Waals surface area (Å²) in [6, 6.07) is 10.3. The number of aryl methyl sites for hydroxylation is 1. The van der Waals surface area contributed by atoms with E-state index < -0.39 is 5.60 Å². The Morgan fingerprint density at radius 3 is 2.26 bits per heavy atom. The van der Waals surface area contributed by atoms with Gasteiger partial charge in [0, 0.05) is 52.5 Å². The first-order valence-electron chi connectivity index (χ1n) is 14.6. The van der Waals surface area contributed by atoms with Crippen molar-refractivity contribution >= 4 is 18.4 Å². The minimum Gasteiger partial charge on any atom is -0.493 e. The highest BCUT2D eigenvalue weighted by atomic mass is 35.5. The number of methoxy groups -OCH3 is 4. The first kappa shape index (κ1) is 35.5. The largest absolute Gasteiger partial charge is 0.493 e. The van der Waals surface area contributed by atoms with Gasteiger partial charge in [-0.15, -0.1) is 12.4 Å². The average molecular weight is 608 g/mol. The number of nitrogens with zero attached hydrogens (tertiary/aromatic N) is 1. The van der Waals surface area contributed by atoms with Gasteiger partial charge in [-0.1, -0.05) is 19.9 Å². The van der Waals surface area contributed by atoms with Crippen molar-refractivity contribution < 1.29 is 33.2 Å². The van der Waals surface area contributed by atoms with Crippen LogP contribution in [-0.4, -0.2) is 78.3 Å². The molecule has 0 saturated heterocycles. The van der Waals surface area contributed by atoms with Crippen LogP contribution in [0.4, 0.5) is 0 Å². The first-order valence-corrected chi connectivity index (χ1v) is 14.6. The lowest BCUT2D eigenvalue weighted by Gasteiger charge is -2.47. The molecule has 3 rings (SSSR count). The third-order valence-electron chi connectivity index (χ3n) is 8.06. The molecule has 0 unspecified atom stereocenters. The van der Waals surface area contributed by atoms with Crippen molar-refractivity contribution in [2.45, 2.75) is 64.4 Å². The van der Waals surface area contributed by atoms with Gasteiger partial charge < -0.3 is 33.3 Å². The highest BCUT2D eigenvalue weighted by molar-refractivity contribution is 5.85. The molecule has 42 heavy (non-hydrogen) atoms. The molecule has 0 radical (unpaired) electrons. The van der Waals surface area contributed by atoms with Gasteiger partial charge in [0.25, 0.3) is 0 Å². The van der Waals surface area contributed by atoms with Crippen molar-refractivity contribution in [2.75, 3.05) is 61.8 Å². The topological polar surface area (TPSA) is 75.7 Å². The molecule has 0 aliphatic heterocycles. The van der Waals surface area contributed by atoms with E-state index in [4.69, 9.17) is 28.4 Å². The van der Waals surface area contributed by atoms with Gasteiger partial charge in [-0.2, -0.15) is 0 Å². The Morgan fingerprint density at radius 2 is 1.64 bits per heavy atom. The Labute approximate surface area is 258 Å². The van der Waals surface area contributed by atoms with Crippen molar-refractivity contribution in [3.05, 3.63) is 47.0 Å². The second kappa shape index (κ2) is 16.8. The molecule has 2 atom stereocenters. The van der Waals surface area contributed by atoms with Gasteiger partial charge >= 0.3 is 5.97 Å². The predicted molar refractivity (Wildman–Crippen MR) is 168 cm³/mol. The summed E-state index contributed by atoms with van der Waals surface area (Å²) in [5, 5.41) is 0. The molecule has 2 aromatic carbocycles. The zero-order valence-electron chi connectivity index (χ0n) is 26.6. The number of hydrogen-bond donors (Lipinski definition) is 0. The molecule has 2 aromatic rings. The quantitative estimate of drug-likeness (QED) is 0.167. The van der Waals surface area contributed by atoms with E-state index in [0.717, 1.165) is 62.4 Å². The predicted octanol–water partition coefficient (Wildman–Crippen LogP) is 6.10. The molecule has 8 nitrogen and oxygen atoms in total. The number of likely N-dealkylation sites (N-methyl/N-ethyl adjacent to an activating group) is 1. The zero-order valence-corrected chi connectivity index (χ0v) is 27.4. The van der Waals surface area contributed by atoms with Crippen LogP contribution in [0.2, 0.25) is 0 Å². The van der Waals surface area contributed by atoms with Crippen LogP contribution in [0.15, 0.2) is 30.3 Å². The second-order valence-electron chi connectivity index (χ2n) is 11.3. The van der Waals surface area contributed by atoms with Crippen LogP contribution in [0.25, 0.3) is 0 Å². The molecule has 0 bridgehead atoms. The summed E-state index contributed by atoms with van der Waals surface area (Å²) in [7, 11) is 8.79. The van der Waals surface area contributed by atoms with Gasteiger partial charge in [0.05, 0.1) is 27.9 Å². The van der Waals surface area contributed by atoms with Gasteiger partial charge in [-0.3, -0.25) is 4.79 Å². The third-order valence-corrected chi connectivity index (χ3v) is 8.06. The third kappa shape index (κ3) is 8.91. The molecule has 0 spiro atoms. The van der Waals surface area contributed by atoms with E-state index in [0.29, 0.717) is 19.0 Å². The minimum atomic E-state index is -0.593. The van der Waals surface area contributed by atoms with Gasteiger partial charge in [-0.05, 0) is 73.2 Å². The molecule has 0 aromatic heterocycles. The second-order valence-corrected chi connectivity index (χ2v) is 11.3. The zero-order chi connectivity index (χ0) is 30.0. The van der Waals surface area contributed by atoms with Crippen LogP contribution >= 0.6 is 12.4 Å². The van der Waals surface area contributed by atoms with E-state index in [1.165, 1.54) is 23.6 Å². The van der Waals surface area contributed by atoms with E-state index >= 15 is 0 Å². The minimum absolute atomic E-state index is 0. The summed E-state index contributed by atoms with van der Waals surface area (Å²) in [5.74, 6) is 2.99. The Kier molecular flexibility index (Phi) is 14.2. The summed E-state index contributed by atoms with van der Waals surface area (Å²) in [6.45, 7) is 8.83. The SMILES string of the molecule is COCCCOc1cc(CCN(C)CC[C@@]2(OC(C)=O)CCc3cc(OC)c(OC)cc3[C@@H]2C(C)C)ccc1OC.Cl. The first-order chi connectivity index (χ1) is 19.7. The maximum Gasteiger partial charge on any atom is 0.303 e. The van der Waals surface area contributed by atoms with E-state index in [-0.39, 0.29) is 30.2 Å². The van der Waals surface area contributed by atoms with Crippen LogP contribution in [0, 0.1) is 5.92 Å². The highest BCUT2D eigenvalue weighted by Gasteiger charge is 2.47. The molecule has 0 N–H and O–H groups in total. The molecule has 0 heterocycles. The van der Waals surface area contributed by atoms with E-state index in [1.807, 2.05) is 6.07 Å². The molecule has 0 amide bonds. The fraction of sp³-hybridized carbons (Fsp3) is 0.606. The monoisotopic (exact) mass is 607 g/mol. The fourth-order valence-corrected chi connectivity index (χ4v) is 6.11. The van der Waals surface area contributed by atoms with Gasteiger partial charge in [0.2, 0.25) is 0 Å². The molecular formula is C33H50ClNO7. The molecule has 0 fully saturated rings. The van der Waals surface area contributed by atoms with E-state index in [2.05, 4.69) is 50.1 Å². The smallest absolute Gasteiger partial charge is 0.303 e. The standard InChI is InChI=1S/C33H49NO7.ClH/c1-23(2)32-27-22-30(39-8)29(38-7)21-26(27)12-14-33(32,41-24(3)35)15-17-34(4)16-13-25-10-11-28(37-6)31(20-25)40-19-9-18-36-5;/h10-11,20-23,32H,9,12-19H2,1-8H3;1H/t32-,33-;/m0./s1. The summed E-state index contributed by atoms with van der Waals surface area (Å²) in [4.78, 5) is 14.8. The van der Waals surface area contributed by atoms with Crippen molar-refractivity contribution in [3.63, 3.8) is 0 Å². The number of carbonyl (C=O) groups is 1.